The molecule has 0 radical (unpaired) electrons. The number of hydrogen-bond donors (Lipinski definition) is 3. The lowest BCUT2D eigenvalue weighted by atomic mass is 9.81. The molecule has 1 amide bonds. The van der Waals surface area contributed by atoms with E-state index < -0.39 is 23.8 Å². The van der Waals surface area contributed by atoms with Crippen molar-refractivity contribution < 1.29 is 14.6 Å². The summed E-state index contributed by atoms with van der Waals surface area (Å²) >= 11 is 0. The molecule has 2 aliphatic carbocycles. The van der Waals surface area contributed by atoms with Gasteiger partial charge < -0.3 is 20.5 Å². The number of carbonyl (C=O) groups excluding carboxylic acids is 1. The molecule has 3 N–H and O–H groups in total. The van der Waals surface area contributed by atoms with Crippen LogP contribution in [0, 0.1) is 11.8 Å². The van der Waals surface area contributed by atoms with Crippen LogP contribution in [0.4, 0.5) is 4.79 Å². The molecule has 2 saturated carbocycles. The van der Waals surface area contributed by atoms with Gasteiger partial charge in [0.2, 0.25) is 0 Å². The lowest BCUT2D eigenvalue weighted by Gasteiger charge is -2.34. The summed E-state index contributed by atoms with van der Waals surface area (Å²) in [6.07, 6.45) is 9.98. The van der Waals surface area contributed by atoms with E-state index in [2.05, 4.69) is 10.6 Å². The predicted octanol–water partition coefficient (Wildman–Crippen LogP) is 4.82. The molecule has 1 aromatic carbocycles. The third-order valence-electron chi connectivity index (χ3n) is 6.61. The van der Waals surface area contributed by atoms with Crippen LogP contribution in [0.15, 0.2) is 30.3 Å². The zero-order valence-electron chi connectivity index (χ0n) is 19.6. The molecular formula is C26H42N2O3. The first kappa shape index (κ1) is 24.1. The molecule has 0 heterocycles. The van der Waals surface area contributed by atoms with Gasteiger partial charge in [0, 0.05) is 12.6 Å². The molecule has 4 atom stereocenters. The summed E-state index contributed by atoms with van der Waals surface area (Å²) < 4.78 is 5.45. The zero-order valence-corrected chi connectivity index (χ0v) is 19.6. The third-order valence-corrected chi connectivity index (χ3v) is 6.61. The van der Waals surface area contributed by atoms with Crippen molar-refractivity contribution in [2.24, 2.45) is 11.8 Å². The summed E-state index contributed by atoms with van der Waals surface area (Å²) in [7, 11) is 0. The molecule has 5 nitrogen and oxygen atoms in total. The summed E-state index contributed by atoms with van der Waals surface area (Å²) in [4.78, 5) is 12.4. The number of rotatable bonds is 10. The summed E-state index contributed by atoms with van der Waals surface area (Å²) in [5.41, 5.74) is 0.518. The van der Waals surface area contributed by atoms with E-state index in [1.54, 1.807) is 0 Å². The third kappa shape index (κ3) is 8.82. The molecule has 2 fully saturated rings. The van der Waals surface area contributed by atoms with E-state index in [-0.39, 0.29) is 0 Å². The largest absolute Gasteiger partial charge is 0.444 e. The maximum atomic E-state index is 12.4. The summed E-state index contributed by atoms with van der Waals surface area (Å²) in [5, 5.41) is 17.6. The summed E-state index contributed by atoms with van der Waals surface area (Å²) in [6, 6.07) is 10.1. The van der Waals surface area contributed by atoms with Gasteiger partial charge in [0.05, 0.1) is 12.1 Å². The van der Waals surface area contributed by atoms with Crippen molar-refractivity contribution in [2.75, 3.05) is 6.54 Å². The van der Waals surface area contributed by atoms with E-state index in [9.17, 15) is 9.90 Å². The van der Waals surface area contributed by atoms with Gasteiger partial charge in [0.1, 0.15) is 5.60 Å². The standard InChI is InChI=1S/C26H42N2O3/c1-26(2,3)31-25(30)28-23(17-20-9-5-4-6-10-20)24(29)18-27-22-12-8-7-11-21(22)16-15-19-13-14-19/h4-6,9-10,19,21-24,27,29H,7-8,11-18H2,1-3H3,(H,28,30)/t21-,22+,23-,24+/m0/s1. The Balaban J connectivity index is 1.56. The smallest absolute Gasteiger partial charge is 0.407 e. The SMILES string of the molecule is CC(C)(C)OC(=O)N[C@@H](Cc1ccccc1)[C@H](O)CN[C@@H]1CCCC[C@H]1CCC1CC1. The number of aliphatic hydroxyl groups excluding tert-OH is 1. The van der Waals surface area contributed by atoms with Gasteiger partial charge in [-0.3, -0.25) is 0 Å². The van der Waals surface area contributed by atoms with Crippen LogP contribution >= 0.6 is 0 Å². The quantitative estimate of drug-likeness (QED) is 0.498. The molecule has 3 rings (SSSR count). The van der Waals surface area contributed by atoms with Gasteiger partial charge in [0.15, 0.2) is 0 Å². The Morgan fingerprint density at radius 3 is 2.48 bits per heavy atom. The summed E-state index contributed by atoms with van der Waals surface area (Å²) in [5.74, 6) is 1.69. The van der Waals surface area contributed by atoms with Crippen molar-refractivity contribution in [1.29, 1.82) is 0 Å². The second-order valence-corrected chi connectivity index (χ2v) is 10.6. The highest BCUT2D eigenvalue weighted by Crippen LogP contribution is 2.37. The number of benzene rings is 1. The van der Waals surface area contributed by atoms with E-state index in [1.165, 1.54) is 51.4 Å². The van der Waals surface area contributed by atoms with E-state index in [1.807, 2.05) is 51.1 Å². The second kappa shape index (κ2) is 11.3. The Morgan fingerprint density at radius 1 is 1.10 bits per heavy atom. The van der Waals surface area contributed by atoms with E-state index in [0.29, 0.717) is 24.9 Å². The number of nitrogens with one attached hydrogen (secondary N) is 2. The van der Waals surface area contributed by atoms with Gasteiger partial charge >= 0.3 is 6.09 Å². The van der Waals surface area contributed by atoms with Crippen LogP contribution in [0.3, 0.4) is 0 Å². The first-order valence-electron chi connectivity index (χ1n) is 12.2. The Kier molecular flexibility index (Phi) is 8.79. The Bertz CT molecular complexity index is 669. The summed E-state index contributed by atoms with van der Waals surface area (Å²) in [6.45, 7) is 6.03. The lowest BCUT2D eigenvalue weighted by molar-refractivity contribution is 0.0415. The number of ether oxygens (including phenoxy) is 1. The number of alkyl carbamates (subject to hydrolysis) is 1. The molecule has 5 heteroatoms. The van der Waals surface area contributed by atoms with Crippen LogP contribution in [0.1, 0.15) is 77.7 Å². The number of carbonyl (C=O) groups is 1. The Morgan fingerprint density at radius 2 is 1.81 bits per heavy atom. The van der Waals surface area contributed by atoms with Crippen LogP contribution < -0.4 is 10.6 Å². The first-order chi connectivity index (χ1) is 14.8. The van der Waals surface area contributed by atoms with Crippen molar-refractivity contribution >= 4 is 6.09 Å². The van der Waals surface area contributed by atoms with Crippen molar-refractivity contribution in [3.05, 3.63) is 35.9 Å². The van der Waals surface area contributed by atoms with Gasteiger partial charge in [0.25, 0.3) is 0 Å². The lowest BCUT2D eigenvalue weighted by Crippen LogP contribution is -2.52. The molecule has 0 unspecified atom stereocenters. The van der Waals surface area contributed by atoms with Crippen molar-refractivity contribution in [2.45, 2.75) is 102 Å². The fourth-order valence-corrected chi connectivity index (χ4v) is 4.70. The number of amides is 1. The highest BCUT2D eigenvalue weighted by atomic mass is 16.6. The second-order valence-electron chi connectivity index (χ2n) is 10.6. The monoisotopic (exact) mass is 430 g/mol. The minimum atomic E-state index is -0.682. The van der Waals surface area contributed by atoms with Crippen LogP contribution in [-0.4, -0.2) is 41.5 Å². The Hall–Kier alpha value is -1.59. The minimum absolute atomic E-state index is 0.404. The van der Waals surface area contributed by atoms with Crippen LogP contribution in [0.5, 0.6) is 0 Å². The minimum Gasteiger partial charge on any atom is -0.444 e. The van der Waals surface area contributed by atoms with Crippen LogP contribution in [-0.2, 0) is 11.2 Å². The van der Waals surface area contributed by atoms with Gasteiger partial charge in [-0.1, -0.05) is 62.4 Å². The molecule has 0 aromatic heterocycles. The van der Waals surface area contributed by atoms with Crippen molar-refractivity contribution in [1.82, 2.24) is 10.6 Å². The van der Waals surface area contributed by atoms with Crippen LogP contribution in [0.25, 0.3) is 0 Å². The zero-order chi connectivity index (χ0) is 22.3. The normalized spacial score (nSPS) is 23.7. The first-order valence-corrected chi connectivity index (χ1v) is 12.2. The number of aliphatic hydroxyl groups is 1. The predicted molar refractivity (Wildman–Crippen MR) is 125 cm³/mol. The molecule has 0 spiro atoms. The Labute approximate surface area is 188 Å². The topological polar surface area (TPSA) is 70.6 Å². The highest BCUT2D eigenvalue weighted by molar-refractivity contribution is 5.68. The molecule has 0 aliphatic heterocycles. The van der Waals surface area contributed by atoms with E-state index >= 15 is 0 Å². The fraction of sp³-hybridized carbons (Fsp3) is 0.731. The molecule has 2 aliphatic rings. The van der Waals surface area contributed by atoms with Gasteiger partial charge in [-0.05, 0) is 63.9 Å². The molecule has 1 aromatic rings. The van der Waals surface area contributed by atoms with Crippen LogP contribution in [0.2, 0.25) is 0 Å². The van der Waals surface area contributed by atoms with E-state index in [0.717, 1.165) is 11.5 Å². The molecule has 174 valence electrons. The molecule has 0 saturated heterocycles. The average Bonchev–Trinajstić information content (AvgIpc) is 3.54. The number of hydrogen-bond acceptors (Lipinski definition) is 4. The van der Waals surface area contributed by atoms with Crippen molar-refractivity contribution in [3.63, 3.8) is 0 Å². The van der Waals surface area contributed by atoms with Gasteiger partial charge in [-0.15, -0.1) is 0 Å². The van der Waals surface area contributed by atoms with Gasteiger partial charge in [-0.2, -0.15) is 0 Å². The fourth-order valence-electron chi connectivity index (χ4n) is 4.70. The molecule has 31 heavy (non-hydrogen) atoms. The molecular weight excluding hydrogens is 388 g/mol. The maximum absolute atomic E-state index is 12.4. The van der Waals surface area contributed by atoms with E-state index in [4.69, 9.17) is 4.74 Å². The highest BCUT2D eigenvalue weighted by Gasteiger charge is 2.30. The average molecular weight is 431 g/mol. The maximum Gasteiger partial charge on any atom is 0.407 e. The van der Waals surface area contributed by atoms with Gasteiger partial charge in [-0.25, -0.2) is 4.79 Å². The molecule has 0 bridgehead atoms. The van der Waals surface area contributed by atoms with Crippen molar-refractivity contribution in [3.8, 4) is 0 Å².